The monoisotopic (exact) mass is 279 g/mol. The fraction of sp³-hybridized carbons (Fsp3) is 0.429. The third-order valence-corrected chi connectivity index (χ3v) is 2.27. The van der Waals surface area contributed by atoms with E-state index in [4.69, 9.17) is 10.5 Å². The van der Waals surface area contributed by atoms with Crippen LogP contribution in [0.2, 0.25) is 0 Å². The van der Waals surface area contributed by atoms with Crippen molar-refractivity contribution in [1.29, 1.82) is 0 Å². The third-order valence-electron chi connectivity index (χ3n) is 2.27. The molecule has 0 spiro atoms. The number of benzene rings is 1. The Kier molecular flexibility index (Phi) is 5.37. The second kappa shape index (κ2) is 6.79. The lowest BCUT2D eigenvalue weighted by molar-refractivity contribution is 0.0530. The molecule has 1 aromatic carbocycles. The molecule has 0 heterocycles. The van der Waals surface area contributed by atoms with Crippen molar-refractivity contribution in [2.75, 3.05) is 18.4 Å². The van der Waals surface area contributed by atoms with Gasteiger partial charge < -0.3 is 21.1 Å². The number of rotatable bonds is 5. The predicted octanol–water partition coefficient (Wildman–Crippen LogP) is 1.72. The Morgan fingerprint density at radius 3 is 2.55 bits per heavy atom. The van der Waals surface area contributed by atoms with Gasteiger partial charge in [-0.3, -0.25) is 4.79 Å². The molecular weight excluding hydrogens is 258 g/mol. The van der Waals surface area contributed by atoms with Crippen LogP contribution in [0.25, 0.3) is 0 Å². The van der Waals surface area contributed by atoms with Gasteiger partial charge in [-0.25, -0.2) is 4.79 Å². The van der Waals surface area contributed by atoms with Gasteiger partial charge >= 0.3 is 6.09 Å². The van der Waals surface area contributed by atoms with E-state index >= 15 is 0 Å². The summed E-state index contributed by atoms with van der Waals surface area (Å²) in [5, 5.41) is 5.71. The van der Waals surface area contributed by atoms with E-state index in [1.807, 2.05) is 6.07 Å². The minimum Gasteiger partial charge on any atom is -0.444 e. The van der Waals surface area contributed by atoms with Crippen molar-refractivity contribution >= 4 is 17.7 Å². The number of hydrogen-bond acceptors (Lipinski definition) is 4. The van der Waals surface area contributed by atoms with Crippen LogP contribution in [-0.2, 0) is 4.74 Å². The van der Waals surface area contributed by atoms with Crippen LogP contribution >= 0.6 is 0 Å². The van der Waals surface area contributed by atoms with Crippen molar-refractivity contribution < 1.29 is 14.3 Å². The maximum atomic E-state index is 11.4. The summed E-state index contributed by atoms with van der Waals surface area (Å²) < 4.78 is 5.10. The summed E-state index contributed by atoms with van der Waals surface area (Å²) in [7, 11) is 0. The number of amides is 2. The molecule has 0 saturated heterocycles. The van der Waals surface area contributed by atoms with Crippen LogP contribution in [-0.4, -0.2) is 30.7 Å². The van der Waals surface area contributed by atoms with Gasteiger partial charge in [0, 0.05) is 24.3 Å². The zero-order valence-electron chi connectivity index (χ0n) is 12.0. The maximum Gasteiger partial charge on any atom is 0.407 e. The Morgan fingerprint density at radius 2 is 1.95 bits per heavy atom. The highest BCUT2D eigenvalue weighted by Gasteiger charge is 2.15. The molecule has 4 N–H and O–H groups in total. The molecule has 0 unspecified atom stereocenters. The zero-order valence-corrected chi connectivity index (χ0v) is 12.0. The molecule has 0 saturated carbocycles. The number of anilines is 1. The smallest absolute Gasteiger partial charge is 0.407 e. The Morgan fingerprint density at radius 1 is 1.25 bits per heavy atom. The highest BCUT2D eigenvalue weighted by Crippen LogP contribution is 2.09. The van der Waals surface area contributed by atoms with Crippen molar-refractivity contribution in [2.45, 2.75) is 26.4 Å². The summed E-state index contributed by atoms with van der Waals surface area (Å²) in [4.78, 5) is 22.4. The van der Waals surface area contributed by atoms with Crippen LogP contribution in [0, 0.1) is 0 Å². The first-order valence-corrected chi connectivity index (χ1v) is 6.38. The van der Waals surface area contributed by atoms with E-state index in [2.05, 4.69) is 10.6 Å². The van der Waals surface area contributed by atoms with Crippen LogP contribution < -0.4 is 16.4 Å². The number of carbonyl (C=O) groups is 2. The average Bonchev–Trinajstić information content (AvgIpc) is 2.33. The Bertz CT molecular complexity index is 481. The topological polar surface area (TPSA) is 93.4 Å². The van der Waals surface area contributed by atoms with E-state index in [-0.39, 0.29) is 0 Å². The zero-order chi connectivity index (χ0) is 15.2. The van der Waals surface area contributed by atoms with Gasteiger partial charge in [-0.15, -0.1) is 0 Å². The fourth-order valence-corrected chi connectivity index (χ4v) is 1.47. The predicted molar refractivity (Wildman–Crippen MR) is 77.7 cm³/mol. The van der Waals surface area contributed by atoms with Crippen LogP contribution in [0.4, 0.5) is 10.5 Å². The fourth-order valence-electron chi connectivity index (χ4n) is 1.47. The lowest BCUT2D eigenvalue weighted by Crippen LogP contribution is -2.35. The number of nitrogens with one attached hydrogen (secondary N) is 2. The summed E-state index contributed by atoms with van der Waals surface area (Å²) >= 11 is 0. The molecule has 0 aliphatic rings. The Labute approximate surface area is 118 Å². The molecule has 6 nitrogen and oxygen atoms in total. The summed E-state index contributed by atoms with van der Waals surface area (Å²) in [6, 6.07) is 6.87. The van der Waals surface area contributed by atoms with Gasteiger partial charge in [-0.1, -0.05) is 6.07 Å². The standard InChI is InChI=1S/C14H21N3O3/c1-14(2,3)20-13(19)17-8-7-16-11-6-4-5-10(9-11)12(15)18/h4-6,9,16H,7-8H2,1-3H3,(H2,15,18)(H,17,19). The molecule has 110 valence electrons. The van der Waals surface area contributed by atoms with E-state index in [1.54, 1.807) is 39.0 Å². The highest BCUT2D eigenvalue weighted by atomic mass is 16.6. The van der Waals surface area contributed by atoms with Gasteiger partial charge in [-0.2, -0.15) is 0 Å². The molecule has 2 amide bonds. The van der Waals surface area contributed by atoms with Crippen molar-refractivity contribution in [3.63, 3.8) is 0 Å². The normalized spacial score (nSPS) is 10.8. The molecule has 0 radical (unpaired) electrons. The first-order valence-electron chi connectivity index (χ1n) is 6.38. The molecule has 0 aliphatic heterocycles. The van der Waals surface area contributed by atoms with Gasteiger partial charge in [0.15, 0.2) is 0 Å². The molecule has 20 heavy (non-hydrogen) atoms. The first-order chi connectivity index (χ1) is 9.28. The minimum absolute atomic E-state index is 0.412. The number of carbonyl (C=O) groups excluding carboxylic acids is 2. The van der Waals surface area contributed by atoms with Crippen molar-refractivity contribution in [1.82, 2.24) is 5.32 Å². The number of hydrogen-bond donors (Lipinski definition) is 3. The Hall–Kier alpha value is -2.24. The molecule has 1 aromatic rings. The quantitative estimate of drug-likeness (QED) is 0.715. The van der Waals surface area contributed by atoms with Gasteiger partial charge in [0.2, 0.25) is 5.91 Å². The van der Waals surface area contributed by atoms with Crippen LogP contribution in [0.1, 0.15) is 31.1 Å². The molecule has 0 aliphatic carbocycles. The van der Waals surface area contributed by atoms with Crippen molar-refractivity contribution in [3.05, 3.63) is 29.8 Å². The molecule has 0 aromatic heterocycles. The molecule has 0 fully saturated rings. The molecule has 0 bridgehead atoms. The van der Waals surface area contributed by atoms with Crippen LogP contribution in [0.5, 0.6) is 0 Å². The lowest BCUT2D eigenvalue weighted by Gasteiger charge is -2.19. The number of ether oxygens (including phenoxy) is 1. The van der Waals surface area contributed by atoms with E-state index < -0.39 is 17.6 Å². The van der Waals surface area contributed by atoms with Crippen molar-refractivity contribution in [2.24, 2.45) is 5.73 Å². The van der Waals surface area contributed by atoms with E-state index in [0.29, 0.717) is 18.7 Å². The van der Waals surface area contributed by atoms with Gasteiger partial charge in [-0.05, 0) is 39.0 Å². The summed E-state index contributed by atoms with van der Waals surface area (Å²) in [6.07, 6.45) is -0.454. The lowest BCUT2D eigenvalue weighted by atomic mass is 10.2. The summed E-state index contributed by atoms with van der Waals surface area (Å²) in [5.41, 5.74) is 5.90. The van der Waals surface area contributed by atoms with Crippen LogP contribution in [0.3, 0.4) is 0 Å². The number of primary amides is 1. The molecular formula is C14H21N3O3. The van der Waals surface area contributed by atoms with E-state index in [0.717, 1.165) is 5.69 Å². The number of nitrogens with two attached hydrogens (primary N) is 1. The summed E-state index contributed by atoms with van der Waals surface area (Å²) in [6.45, 7) is 6.34. The molecule has 1 rings (SSSR count). The maximum absolute atomic E-state index is 11.4. The largest absolute Gasteiger partial charge is 0.444 e. The third kappa shape index (κ3) is 6.08. The first kappa shape index (κ1) is 15.8. The summed E-state index contributed by atoms with van der Waals surface area (Å²) in [5.74, 6) is -0.472. The average molecular weight is 279 g/mol. The highest BCUT2D eigenvalue weighted by molar-refractivity contribution is 5.93. The van der Waals surface area contributed by atoms with Gasteiger partial charge in [0.1, 0.15) is 5.60 Å². The second-order valence-corrected chi connectivity index (χ2v) is 5.30. The number of alkyl carbamates (subject to hydrolysis) is 1. The molecule has 6 heteroatoms. The Balaban J connectivity index is 2.33. The van der Waals surface area contributed by atoms with Gasteiger partial charge in [0.25, 0.3) is 0 Å². The van der Waals surface area contributed by atoms with Crippen molar-refractivity contribution in [3.8, 4) is 0 Å². The SMILES string of the molecule is CC(C)(C)OC(=O)NCCNc1cccc(C(N)=O)c1. The van der Waals surface area contributed by atoms with E-state index in [1.165, 1.54) is 0 Å². The second-order valence-electron chi connectivity index (χ2n) is 5.30. The van der Waals surface area contributed by atoms with E-state index in [9.17, 15) is 9.59 Å². The molecule has 0 atom stereocenters. The van der Waals surface area contributed by atoms with Crippen LogP contribution in [0.15, 0.2) is 24.3 Å². The minimum atomic E-state index is -0.507. The van der Waals surface area contributed by atoms with Gasteiger partial charge in [0.05, 0.1) is 0 Å².